The molecule has 0 aliphatic heterocycles. The van der Waals surface area contributed by atoms with E-state index < -0.39 is 17.2 Å². The highest BCUT2D eigenvalue weighted by Crippen LogP contribution is 2.21. The van der Waals surface area contributed by atoms with Crippen molar-refractivity contribution in [1.29, 1.82) is 0 Å². The van der Waals surface area contributed by atoms with Crippen LogP contribution in [0.5, 0.6) is 5.75 Å². The summed E-state index contributed by atoms with van der Waals surface area (Å²) in [6.07, 6.45) is 0.604. The molecule has 3 rings (SSSR count). The lowest BCUT2D eigenvalue weighted by Gasteiger charge is -2.09. The second kappa shape index (κ2) is 8.12. The summed E-state index contributed by atoms with van der Waals surface area (Å²) < 4.78 is 8.63. The number of nitrogens with two attached hydrogens (primary N) is 1. The van der Waals surface area contributed by atoms with Gasteiger partial charge in [-0.3, -0.25) is 19.1 Å². The number of amides is 1. The lowest BCUT2D eigenvalue weighted by molar-refractivity contribution is -0.115. The maximum Gasteiger partial charge on any atom is 0.329 e. The Labute approximate surface area is 158 Å². The number of primary amides is 1. The number of ether oxygens (including phenoxy) is 1. The Morgan fingerprint density at radius 2 is 2.04 bits per heavy atom. The van der Waals surface area contributed by atoms with Crippen molar-refractivity contribution in [2.45, 2.75) is 18.1 Å². The van der Waals surface area contributed by atoms with E-state index in [-0.39, 0.29) is 16.9 Å². The van der Waals surface area contributed by atoms with Crippen LogP contribution < -0.4 is 21.7 Å². The van der Waals surface area contributed by atoms with E-state index in [1.54, 1.807) is 4.57 Å². The van der Waals surface area contributed by atoms with E-state index in [0.717, 1.165) is 17.5 Å². The number of para-hydroxylation sites is 1. The van der Waals surface area contributed by atoms with Gasteiger partial charge in [0.1, 0.15) is 5.75 Å². The Hall–Kier alpha value is -3.01. The summed E-state index contributed by atoms with van der Waals surface area (Å²) in [6, 6.07) is 9.40. The number of imidazole rings is 1. The van der Waals surface area contributed by atoms with E-state index in [1.807, 2.05) is 30.3 Å². The third-order valence-electron chi connectivity index (χ3n) is 3.85. The fourth-order valence-corrected chi connectivity index (χ4v) is 3.36. The number of rotatable bonds is 8. The zero-order chi connectivity index (χ0) is 19.4. The number of benzene rings is 1. The molecular weight excluding hydrogens is 370 g/mol. The molecule has 0 atom stereocenters. The normalized spacial score (nSPS) is 11.0. The van der Waals surface area contributed by atoms with Crippen LogP contribution in [0.2, 0.25) is 0 Å². The SMILES string of the molecule is Cn1c(=O)[nH]c(=O)c2c1nc(SCC(N)=O)n2CCCOc1ccccc1. The molecule has 0 fully saturated rings. The molecule has 142 valence electrons. The van der Waals surface area contributed by atoms with Gasteiger partial charge in [-0.1, -0.05) is 30.0 Å². The van der Waals surface area contributed by atoms with Crippen LogP contribution >= 0.6 is 11.8 Å². The van der Waals surface area contributed by atoms with E-state index in [4.69, 9.17) is 10.5 Å². The van der Waals surface area contributed by atoms with Gasteiger partial charge in [0.25, 0.3) is 5.56 Å². The average molecular weight is 389 g/mol. The zero-order valence-electron chi connectivity index (χ0n) is 14.7. The van der Waals surface area contributed by atoms with Gasteiger partial charge in [0.15, 0.2) is 16.3 Å². The number of aryl methyl sites for hydroxylation is 2. The molecule has 0 unspecified atom stereocenters. The van der Waals surface area contributed by atoms with Gasteiger partial charge in [-0.15, -0.1) is 0 Å². The molecule has 10 heteroatoms. The van der Waals surface area contributed by atoms with Crippen molar-refractivity contribution in [3.63, 3.8) is 0 Å². The van der Waals surface area contributed by atoms with Crippen LogP contribution in [0.1, 0.15) is 6.42 Å². The molecule has 9 nitrogen and oxygen atoms in total. The predicted molar refractivity (Wildman–Crippen MR) is 102 cm³/mol. The minimum Gasteiger partial charge on any atom is -0.494 e. The molecule has 0 saturated carbocycles. The van der Waals surface area contributed by atoms with Gasteiger partial charge >= 0.3 is 5.69 Å². The number of nitrogens with zero attached hydrogens (tertiary/aromatic N) is 3. The molecule has 0 saturated heterocycles. The van der Waals surface area contributed by atoms with Crippen molar-refractivity contribution in [2.24, 2.45) is 12.8 Å². The molecule has 0 bridgehead atoms. The molecule has 3 aromatic rings. The molecule has 0 spiro atoms. The number of carbonyl (C=O) groups excluding carboxylic acids is 1. The molecule has 1 aromatic carbocycles. The van der Waals surface area contributed by atoms with Gasteiger partial charge in [-0.25, -0.2) is 9.78 Å². The summed E-state index contributed by atoms with van der Waals surface area (Å²) in [5.74, 6) is 0.292. The van der Waals surface area contributed by atoms with Crippen LogP contribution in [0.4, 0.5) is 0 Å². The first-order valence-corrected chi connectivity index (χ1v) is 9.24. The van der Waals surface area contributed by atoms with Crippen LogP contribution in [-0.4, -0.2) is 37.4 Å². The maximum absolute atomic E-state index is 12.3. The van der Waals surface area contributed by atoms with Gasteiger partial charge in [0, 0.05) is 13.6 Å². The quantitative estimate of drug-likeness (QED) is 0.426. The van der Waals surface area contributed by atoms with Crippen molar-refractivity contribution in [1.82, 2.24) is 19.1 Å². The molecule has 2 heterocycles. The van der Waals surface area contributed by atoms with E-state index in [1.165, 1.54) is 11.6 Å². The Balaban J connectivity index is 1.85. The maximum atomic E-state index is 12.3. The monoisotopic (exact) mass is 389 g/mol. The van der Waals surface area contributed by atoms with Gasteiger partial charge in [0.05, 0.1) is 12.4 Å². The summed E-state index contributed by atoms with van der Waals surface area (Å²) in [7, 11) is 1.53. The van der Waals surface area contributed by atoms with Gasteiger partial charge in [-0.05, 0) is 18.6 Å². The average Bonchev–Trinajstić information content (AvgIpc) is 3.02. The molecule has 0 aliphatic rings. The first-order chi connectivity index (χ1) is 13.0. The first-order valence-electron chi connectivity index (χ1n) is 8.26. The minimum absolute atomic E-state index is 0.0235. The summed E-state index contributed by atoms with van der Waals surface area (Å²) >= 11 is 1.13. The highest BCUT2D eigenvalue weighted by Gasteiger charge is 2.18. The van der Waals surface area contributed by atoms with Crippen molar-refractivity contribution in [3.05, 3.63) is 51.2 Å². The van der Waals surface area contributed by atoms with Crippen LogP contribution in [-0.2, 0) is 18.4 Å². The summed E-state index contributed by atoms with van der Waals surface area (Å²) in [5, 5.41) is 0.454. The van der Waals surface area contributed by atoms with Crippen LogP contribution in [0.15, 0.2) is 45.1 Å². The molecular formula is C17H19N5O4S. The van der Waals surface area contributed by atoms with E-state index in [2.05, 4.69) is 9.97 Å². The fraction of sp³-hybridized carbons (Fsp3) is 0.294. The molecule has 0 aliphatic carbocycles. The second-order valence-electron chi connectivity index (χ2n) is 5.81. The highest BCUT2D eigenvalue weighted by atomic mass is 32.2. The third kappa shape index (κ3) is 4.22. The van der Waals surface area contributed by atoms with Gasteiger partial charge < -0.3 is 15.0 Å². The van der Waals surface area contributed by atoms with Crippen molar-refractivity contribution < 1.29 is 9.53 Å². The standard InChI is InChI=1S/C17H19N5O4S/c1-21-14-13(15(24)20-16(21)25)22(17(19-14)27-10-12(18)23)8-5-9-26-11-6-3-2-4-7-11/h2-4,6-7H,5,8-10H2,1H3,(H2,18,23)(H,20,24,25). The molecule has 2 aromatic heterocycles. The number of fused-ring (bicyclic) bond motifs is 1. The Morgan fingerprint density at radius 1 is 1.30 bits per heavy atom. The van der Waals surface area contributed by atoms with Gasteiger partial charge in [0.2, 0.25) is 5.91 Å². The number of carbonyl (C=O) groups is 1. The number of thioether (sulfide) groups is 1. The van der Waals surface area contributed by atoms with Crippen molar-refractivity contribution in [3.8, 4) is 5.75 Å². The van der Waals surface area contributed by atoms with Crippen molar-refractivity contribution >= 4 is 28.8 Å². The Bertz CT molecular complexity index is 1070. The summed E-state index contributed by atoms with van der Waals surface area (Å²) in [4.78, 5) is 41.9. The lowest BCUT2D eigenvalue weighted by atomic mass is 10.3. The highest BCUT2D eigenvalue weighted by molar-refractivity contribution is 7.99. The molecule has 27 heavy (non-hydrogen) atoms. The summed E-state index contributed by atoms with van der Waals surface area (Å²) in [5.41, 5.74) is 4.70. The van der Waals surface area contributed by atoms with E-state index in [9.17, 15) is 14.4 Å². The largest absolute Gasteiger partial charge is 0.494 e. The topological polar surface area (TPSA) is 125 Å². The molecule has 1 amide bonds. The first kappa shape index (κ1) is 18.8. The second-order valence-corrected chi connectivity index (χ2v) is 6.75. The fourth-order valence-electron chi connectivity index (χ4n) is 2.60. The van der Waals surface area contributed by atoms with E-state index >= 15 is 0 Å². The van der Waals surface area contributed by atoms with Crippen LogP contribution in [0.3, 0.4) is 0 Å². The minimum atomic E-state index is -0.545. The number of hydrogen-bond acceptors (Lipinski definition) is 6. The Kier molecular flexibility index (Phi) is 5.65. The number of hydrogen-bond donors (Lipinski definition) is 2. The summed E-state index contributed by atoms with van der Waals surface area (Å²) in [6.45, 7) is 0.874. The molecule has 0 radical (unpaired) electrons. The molecule has 3 N–H and O–H groups in total. The third-order valence-corrected chi connectivity index (χ3v) is 4.85. The smallest absolute Gasteiger partial charge is 0.329 e. The number of H-pyrrole nitrogens is 1. The number of aromatic amines is 1. The number of aromatic nitrogens is 4. The van der Waals surface area contributed by atoms with Crippen molar-refractivity contribution in [2.75, 3.05) is 12.4 Å². The Morgan fingerprint density at radius 3 is 2.74 bits per heavy atom. The predicted octanol–water partition coefficient (Wildman–Crippen LogP) is 0.470. The van der Waals surface area contributed by atoms with Crippen LogP contribution in [0.25, 0.3) is 11.2 Å². The van der Waals surface area contributed by atoms with Crippen LogP contribution in [0, 0.1) is 0 Å². The lowest BCUT2D eigenvalue weighted by Crippen LogP contribution is -2.29. The zero-order valence-corrected chi connectivity index (χ0v) is 15.5. The van der Waals surface area contributed by atoms with Gasteiger partial charge in [-0.2, -0.15) is 0 Å². The number of nitrogens with one attached hydrogen (secondary N) is 1. The van der Waals surface area contributed by atoms with E-state index in [0.29, 0.717) is 24.7 Å².